The number of allylic oxidation sites excluding steroid dienone is 1. The van der Waals surface area contributed by atoms with Crippen LogP contribution < -0.4 is 9.47 Å². The van der Waals surface area contributed by atoms with Gasteiger partial charge in [0.25, 0.3) is 0 Å². The highest BCUT2D eigenvalue weighted by molar-refractivity contribution is 6.20. The molecule has 0 aliphatic rings. The normalized spacial score (nSPS) is 10.9. The summed E-state index contributed by atoms with van der Waals surface area (Å²) in [6, 6.07) is 16.4. The lowest BCUT2D eigenvalue weighted by Crippen LogP contribution is -2.03. The van der Waals surface area contributed by atoms with Gasteiger partial charge in [-0.1, -0.05) is 24.3 Å². The van der Waals surface area contributed by atoms with Crippen molar-refractivity contribution in [1.29, 1.82) is 10.5 Å². The van der Waals surface area contributed by atoms with Gasteiger partial charge >= 0.3 is 0 Å². The summed E-state index contributed by atoms with van der Waals surface area (Å²) >= 11 is 0. The minimum atomic E-state index is -0.346. The molecule has 0 unspecified atom stereocenters. The van der Waals surface area contributed by atoms with E-state index in [9.17, 15) is 10.1 Å². The average Bonchev–Trinajstić information content (AvgIpc) is 3.05. The Morgan fingerprint density at radius 1 is 1.18 bits per heavy atom. The molecular weight excluding hydrogens is 354 g/mol. The molecule has 1 heterocycles. The highest BCUT2D eigenvalue weighted by atomic mass is 16.5. The third-order valence-electron chi connectivity index (χ3n) is 4.28. The number of rotatable bonds is 6. The second-order valence-electron chi connectivity index (χ2n) is 6.03. The molecule has 6 heteroatoms. The quantitative estimate of drug-likeness (QED) is 0.398. The van der Waals surface area contributed by atoms with Crippen molar-refractivity contribution in [2.75, 3.05) is 13.7 Å². The minimum Gasteiger partial charge on any atom is -0.493 e. The van der Waals surface area contributed by atoms with Crippen molar-refractivity contribution in [2.24, 2.45) is 0 Å². The van der Waals surface area contributed by atoms with Gasteiger partial charge < -0.3 is 14.5 Å². The van der Waals surface area contributed by atoms with E-state index in [0.717, 1.165) is 10.9 Å². The highest BCUT2D eigenvalue weighted by Crippen LogP contribution is 2.30. The second kappa shape index (κ2) is 8.11. The van der Waals surface area contributed by atoms with Gasteiger partial charge in [0.05, 0.1) is 12.7 Å². The summed E-state index contributed by atoms with van der Waals surface area (Å²) in [7, 11) is 1.48. The molecule has 2 aromatic carbocycles. The molecule has 3 rings (SSSR count). The molecule has 0 bridgehead atoms. The maximum absolute atomic E-state index is 13.0. The van der Waals surface area contributed by atoms with E-state index in [1.807, 2.05) is 43.3 Å². The Hall–Kier alpha value is -4.03. The highest BCUT2D eigenvalue weighted by Gasteiger charge is 2.20. The van der Waals surface area contributed by atoms with Crippen LogP contribution in [0, 0.1) is 29.6 Å². The van der Waals surface area contributed by atoms with Gasteiger partial charge in [-0.3, -0.25) is 4.79 Å². The summed E-state index contributed by atoms with van der Waals surface area (Å²) in [6.07, 6.45) is 1.51. The first-order valence-corrected chi connectivity index (χ1v) is 8.50. The second-order valence-corrected chi connectivity index (χ2v) is 6.03. The number of para-hydroxylation sites is 1. The number of ketones is 1. The number of aromatic amines is 1. The van der Waals surface area contributed by atoms with Crippen LogP contribution in [-0.4, -0.2) is 24.5 Å². The van der Waals surface area contributed by atoms with E-state index in [2.05, 4.69) is 4.98 Å². The lowest BCUT2D eigenvalue weighted by molar-refractivity contribution is 0.104. The van der Waals surface area contributed by atoms with Crippen LogP contribution in [-0.2, 0) is 0 Å². The number of benzene rings is 2. The number of hydrogen-bond donors (Lipinski definition) is 1. The lowest BCUT2D eigenvalue weighted by atomic mass is 9.99. The van der Waals surface area contributed by atoms with Gasteiger partial charge in [0, 0.05) is 16.6 Å². The Labute approximate surface area is 162 Å². The SMILES string of the molecule is COc1cc(C=C(C#N)C(=O)c2c(C)[nH]c3ccccc23)ccc1OCC#N. The third-order valence-corrected chi connectivity index (χ3v) is 4.28. The van der Waals surface area contributed by atoms with Crippen LogP contribution in [0.3, 0.4) is 0 Å². The number of carbonyl (C=O) groups is 1. The zero-order valence-corrected chi connectivity index (χ0v) is 15.4. The molecule has 0 aliphatic carbocycles. The van der Waals surface area contributed by atoms with Crippen LogP contribution >= 0.6 is 0 Å². The van der Waals surface area contributed by atoms with Gasteiger partial charge in [0.15, 0.2) is 18.1 Å². The van der Waals surface area contributed by atoms with Gasteiger partial charge in [-0.15, -0.1) is 0 Å². The molecule has 0 saturated carbocycles. The fraction of sp³-hybridized carbons (Fsp3) is 0.136. The Morgan fingerprint density at radius 2 is 1.96 bits per heavy atom. The maximum atomic E-state index is 13.0. The van der Waals surface area contributed by atoms with Gasteiger partial charge in [-0.2, -0.15) is 10.5 Å². The van der Waals surface area contributed by atoms with E-state index in [1.165, 1.54) is 13.2 Å². The van der Waals surface area contributed by atoms with E-state index < -0.39 is 0 Å². The number of nitrogens with one attached hydrogen (secondary N) is 1. The number of Topliss-reactive ketones (excluding diaryl/α,β-unsaturated/α-hetero) is 1. The van der Waals surface area contributed by atoms with Crippen LogP contribution in [0.4, 0.5) is 0 Å². The minimum absolute atomic E-state index is 0.0144. The molecule has 1 N–H and O–H groups in total. The summed E-state index contributed by atoms with van der Waals surface area (Å²) in [5, 5.41) is 19.0. The Bertz CT molecular complexity index is 1160. The molecule has 0 amide bonds. The van der Waals surface area contributed by atoms with E-state index in [4.69, 9.17) is 14.7 Å². The van der Waals surface area contributed by atoms with E-state index >= 15 is 0 Å². The summed E-state index contributed by atoms with van der Waals surface area (Å²) in [5.41, 5.74) is 2.68. The molecule has 0 spiro atoms. The van der Waals surface area contributed by atoms with E-state index in [-0.39, 0.29) is 18.0 Å². The van der Waals surface area contributed by atoms with Crippen LogP contribution in [0.2, 0.25) is 0 Å². The van der Waals surface area contributed by atoms with Crippen LogP contribution in [0.1, 0.15) is 21.6 Å². The number of H-pyrrole nitrogens is 1. The Morgan fingerprint density at radius 3 is 2.68 bits per heavy atom. The van der Waals surface area contributed by atoms with Crippen molar-refractivity contribution in [1.82, 2.24) is 4.98 Å². The summed E-state index contributed by atoms with van der Waals surface area (Å²) in [5.74, 6) is 0.483. The van der Waals surface area contributed by atoms with Crippen molar-refractivity contribution in [2.45, 2.75) is 6.92 Å². The fourth-order valence-electron chi connectivity index (χ4n) is 3.02. The largest absolute Gasteiger partial charge is 0.493 e. The van der Waals surface area contributed by atoms with Crippen molar-refractivity contribution in [3.63, 3.8) is 0 Å². The topological polar surface area (TPSA) is 98.9 Å². The molecule has 6 nitrogen and oxygen atoms in total. The number of fused-ring (bicyclic) bond motifs is 1. The maximum Gasteiger partial charge on any atom is 0.205 e. The first-order valence-electron chi connectivity index (χ1n) is 8.50. The number of methoxy groups -OCH3 is 1. The number of nitrogens with zero attached hydrogens (tertiary/aromatic N) is 2. The van der Waals surface area contributed by atoms with Crippen LogP contribution in [0.15, 0.2) is 48.0 Å². The first-order chi connectivity index (χ1) is 13.6. The first kappa shape index (κ1) is 18.8. The zero-order valence-electron chi connectivity index (χ0n) is 15.4. The van der Waals surface area contributed by atoms with Crippen molar-refractivity contribution < 1.29 is 14.3 Å². The summed E-state index contributed by atoms with van der Waals surface area (Å²) in [4.78, 5) is 16.2. The van der Waals surface area contributed by atoms with Crippen molar-refractivity contribution in [3.8, 4) is 23.6 Å². The number of ether oxygens (including phenoxy) is 2. The molecule has 0 fully saturated rings. The van der Waals surface area contributed by atoms with E-state index in [1.54, 1.807) is 18.2 Å². The fourth-order valence-corrected chi connectivity index (χ4v) is 3.02. The number of hydrogen-bond acceptors (Lipinski definition) is 5. The number of aromatic nitrogens is 1. The number of aryl methyl sites for hydroxylation is 1. The van der Waals surface area contributed by atoms with Crippen LogP contribution in [0.5, 0.6) is 11.5 Å². The molecule has 0 aliphatic heterocycles. The average molecular weight is 371 g/mol. The van der Waals surface area contributed by atoms with Crippen molar-refractivity contribution >= 4 is 22.8 Å². The number of nitriles is 2. The molecule has 0 saturated heterocycles. The Kier molecular flexibility index (Phi) is 5.43. The molecule has 28 heavy (non-hydrogen) atoms. The molecule has 0 radical (unpaired) electrons. The molecular formula is C22H17N3O3. The standard InChI is InChI=1S/C22H17N3O3/c1-14-21(17-5-3-4-6-18(17)25-14)22(26)16(13-24)11-15-7-8-19(28-10-9-23)20(12-15)27-2/h3-8,11-12,25H,10H2,1-2H3. The van der Waals surface area contributed by atoms with Gasteiger partial charge in [0.2, 0.25) is 5.78 Å². The van der Waals surface area contributed by atoms with Gasteiger partial charge in [-0.25, -0.2) is 0 Å². The molecule has 138 valence electrons. The monoisotopic (exact) mass is 371 g/mol. The summed E-state index contributed by atoms with van der Waals surface area (Å²) < 4.78 is 10.6. The summed E-state index contributed by atoms with van der Waals surface area (Å²) in [6.45, 7) is 1.71. The third kappa shape index (κ3) is 3.58. The van der Waals surface area contributed by atoms with E-state index in [0.29, 0.717) is 28.3 Å². The zero-order chi connectivity index (χ0) is 20.1. The number of carbonyl (C=O) groups excluding carboxylic acids is 1. The molecule has 1 aromatic heterocycles. The van der Waals surface area contributed by atoms with Crippen LogP contribution in [0.25, 0.3) is 17.0 Å². The predicted molar refractivity (Wildman–Crippen MR) is 105 cm³/mol. The van der Waals surface area contributed by atoms with Gasteiger partial charge in [0.1, 0.15) is 17.7 Å². The predicted octanol–water partition coefficient (Wildman–Crippen LogP) is 4.18. The molecule has 0 atom stereocenters. The molecule has 3 aromatic rings. The smallest absolute Gasteiger partial charge is 0.205 e. The Balaban J connectivity index is 2.00. The van der Waals surface area contributed by atoms with Gasteiger partial charge in [-0.05, 0) is 36.8 Å². The van der Waals surface area contributed by atoms with Crippen molar-refractivity contribution in [3.05, 3.63) is 64.9 Å². The lowest BCUT2D eigenvalue weighted by Gasteiger charge is -2.09.